The van der Waals surface area contributed by atoms with Gasteiger partial charge >= 0.3 is 16.1 Å². The second kappa shape index (κ2) is 10.0. The molecule has 3 aromatic rings. The quantitative estimate of drug-likeness (QED) is 0.444. The highest BCUT2D eigenvalue weighted by Gasteiger charge is 2.19. The molecule has 9 heteroatoms. The summed E-state index contributed by atoms with van der Waals surface area (Å²) in [6.45, 7) is 4.09. The van der Waals surface area contributed by atoms with Crippen molar-refractivity contribution in [3.05, 3.63) is 89.2 Å². The molecule has 0 radical (unpaired) electrons. The summed E-state index contributed by atoms with van der Waals surface area (Å²) in [6, 6.07) is 17.2. The number of urea groups is 1. The summed E-state index contributed by atoms with van der Waals surface area (Å²) in [4.78, 5) is 14.2. The van der Waals surface area contributed by atoms with E-state index in [9.17, 15) is 17.6 Å². The maximum atomic E-state index is 13.0. The van der Waals surface area contributed by atoms with Gasteiger partial charge in [-0.25, -0.2) is 9.18 Å². The van der Waals surface area contributed by atoms with Gasteiger partial charge in [0.2, 0.25) is 0 Å². The predicted molar refractivity (Wildman–Crippen MR) is 122 cm³/mol. The Bertz CT molecular complexity index is 1180. The van der Waals surface area contributed by atoms with E-state index in [1.54, 1.807) is 41.3 Å². The van der Waals surface area contributed by atoms with E-state index in [4.69, 9.17) is 15.8 Å². The van der Waals surface area contributed by atoms with Gasteiger partial charge in [0.05, 0.1) is 0 Å². The molecule has 3 rings (SSSR count). The Kier molecular flexibility index (Phi) is 7.37. The van der Waals surface area contributed by atoms with E-state index in [-0.39, 0.29) is 22.7 Å². The number of benzene rings is 3. The molecule has 0 atom stereocenters. The first-order valence-electron chi connectivity index (χ1n) is 9.76. The molecule has 0 fully saturated rings. The summed E-state index contributed by atoms with van der Waals surface area (Å²) < 4.78 is 42.8. The van der Waals surface area contributed by atoms with E-state index in [0.29, 0.717) is 17.3 Å². The van der Waals surface area contributed by atoms with Crippen LogP contribution in [0, 0.1) is 5.82 Å². The highest BCUT2D eigenvalue weighted by molar-refractivity contribution is 7.87. The maximum absolute atomic E-state index is 13.0. The molecule has 0 aromatic heterocycles. The summed E-state index contributed by atoms with van der Waals surface area (Å²) in [5.41, 5.74) is 1.37. The van der Waals surface area contributed by atoms with Gasteiger partial charge in [0.15, 0.2) is 0 Å². The van der Waals surface area contributed by atoms with Crippen LogP contribution in [0.4, 0.5) is 14.9 Å². The minimum atomic E-state index is -4.08. The third-order valence-electron chi connectivity index (χ3n) is 4.54. The van der Waals surface area contributed by atoms with Crippen molar-refractivity contribution in [2.75, 3.05) is 5.32 Å². The van der Waals surface area contributed by atoms with Gasteiger partial charge in [-0.15, -0.1) is 0 Å². The molecule has 0 saturated heterocycles. The Morgan fingerprint density at radius 3 is 2.31 bits per heavy atom. The Morgan fingerprint density at radius 1 is 1.06 bits per heavy atom. The second-order valence-electron chi connectivity index (χ2n) is 7.30. The van der Waals surface area contributed by atoms with E-state index in [1.807, 2.05) is 13.8 Å². The molecule has 2 amide bonds. The number of nitrogens with one attached hydrogen (secondary N) is 1. The van der Waals surface area contributed by atoms with Crippen molar-refractivity contribution < 1.29 is 21.8 Å². The van der Waals surface area contributed by atoms with Gasteiger partial charge < -0.3 is 14.4 Å². The average molecular weight is 477 g/mol. The summed E-state index contributed by atoms with van der Waals surface area (Å²) in [6.07, 6.45) is 0. The van der Waals surface area contributed by atoms with Crippen LogP contribution in [0.25, 0.3) is 0 Å². The Balaban J connectivity index is 1.68. The van der Waals surface area contributed by atoms with Gasteiger partial charge in [-0.05, 0) is 74.0 Å². The zero-order valence-corrected chi connectivity index (χ0v) is 19.0. The number of hydrogen-bond donors (Lipinski definition) is 1. The van der Waals surface area contributed by atoms with E-state index >= 15 is 0 Å². The van der Waals surface area contributed by atoms with Crippen LogP contribution < -0.4 is 9.50 Å². The van der Waals surface area contributed by atoms with Crippen molar-refractivity contribution in [2.45, 2.75) is 31.3 Å². The summed E-state index contributed by atoms with van der Waals surface area (Å²) in [5.74, 6) is -0.431. The van der Waals surface area contributed by atoms with Crippen LogP contribution in [0.5, 0.6) is 5.75 Å². The van der Waals surface area contributed by atoms with Crippen LogP contribution in [-0.4, -0.2) is 25.4 Å². The molecule has 0 aliphatic rings. The fourth-order valence-corrected chi connectivity index (χ4v) is 3.99. The third-order valence-corrected chi connectivity index (χ3v) is 6.04. The fourth-order valence-electron chi connectivity index (χ4n) is 2.87. The molecule has 0 heterocycles. The lowest BCUT2D eigenvalue weighted by Gasteiger charge is -2.27. The van der Waals surface area contributed by atoms with Crippen LogP contribution >= 0.6 is 11.6 Å². The molecule has 1 N–H and O–H groups in total. The number of carbonyl (C=O) groups excluding carboxylic acids is 1. The molecule has 0 aliphatic carbocycles. The zero-order chi connectivity index (χ0) is 23.3. The molecular weight excluding hydrogens is 455 g/mol. The first-order valence-corrected chi connectivity index (χ1v) is 11.5. The molecule has 0 spiro atoms. The SMILES string of the molecule is CC(C)N(Cc1ccc(OS(=O)(=O)c2ccc(F)cc2)cc1)C(=O)Nc1cccc(Cl)c1. The lowest BCUT2D eigenvalue weighted by molar-refractivity contribution is 0.193. The zero-order valence-electron chi connectivity index (χ0n) is 17.5. The lowest BCUT2D eigenvalue weighted by Crippen LogP contribution is -2.39. The van der Waals surface area contributed by atoms with Gasteiger partial charge in [-0.3, -0.25) is 0 Å². The molecule has 6 nitrogen and oxygen atoms in total. The molecule has 0 unspecified atom stereocenters. The van der Waals surface area contributed by atoms with Gasteiger partial charge in [-0.2, -0.15) is 8.42 Å². The first kappa shape index (κ1) is 23.6. The van der Waals surface area contributed by atoms with Gasteiger partial charge in [0.1, 0.15) is 16.5 Å². The molecule has 0 saturated carbocycles. The molecule has 0 bridgehead atoms. The van der Waals surface area contributed by atoms with Crippen molar-refractivity contribution in [3.63, 3.8) is 0 Å². The lowest BCUT2D eigenvalue weighted by atomic mass is 10.2. The molecule has 168 valence electrons. The van der Waals surface area contributed by atoms with E-state index in [0.717, 1.165) is 29.8 Å². The van der Waals surface area contributed by atoms with Crippen molar-refractivity contribution in [1.82, 2.24) is 4.90 Å². The topological polar surface area (TPSA) is 75.7 Å². The number of nitrogens with zero attached hydrogens (tertiary/aromatic N) is 1. The monoisotopic (exact) mass is 476 g/mol. The first-order chi connectivity index (χ1) is 15.1. The predicted octanol–water partition coefficient (Wildman–Crippen LogP) is 5.69. The van der Waals surface area contributed by atoms with Crippen molar-refractivity contribution in [1.29, 1.82) is 0 Å². The van der Waals surface area contributed by atoms with Crippen LogP contribution in [0.2, 0.25) is 5.02 Å². The number of carbonyl (C=O) groups is 1. The minimum Gasteiger partial charge on any atom is -0.379 e. The fraction of sp³-hybridized carbons (Fsp3) is 0.174. The van der Waals surface area contributed by atoms with Crippen LogP contribution in [0.15, 0.2) is 77.7 Å². The van der Waals surface area contributed by atoms with Crippen molar-refractivity contribution in [2.24, 2.45) is 0 Å². The highest BCUT2D eigenvalue weighted by Crippen LogP contribution is 2.21. The second-order valence-corrected chi connectivity index (χ2v) is 9.28. The number of hydrogen-bond acceptors (Lipinski definition) is 4. The van der Waals surface area contributed by atoms with E-state index < -0.39 is 15.9 Å². The van der Waals surface area contributed by atoms with Gasteiger partial charge in [0, 0.05) is 23.3 Å². The highest BCUT2D eigenvalue weighted by atomic mass is 35.5. The minimum absolute atomic E-state index is 0.0936. The van der Waals surface area contributed by atoms with E-state index in [1.165, 1.54) is 12.1 Å². The third kappa shape index (κ3) is 6.21. The molecule has 32 heavy (non-hydrogen) atoms. The number of halogens is 2. The molecule has 0 aliphatic heterocycles. The number of rotatable bonds is 7. The number of anilines is 1. The van der Waals surface area contributed by atoms with Gasteiger partial charge in [0.25, 0.3) is 0 Å². The smallest absolute Gasteiger partial charge is 0.339 e. The Labute approximate surface area is 191 Å². The van der Waals surface area contributed by atoms with Crippen LogP contribution in [0.3, 0.4) is 0 Å². The normalized spacial score (nSPS) is 11.3. The van der Waals surface area contributed by atoms with Gasteiger partial charge in [-0.1, -0.05) is 29.8 Å². The standard InChI is InChI=1S/C23H22ClFN2O4S/c1-16(2)27(23(28)26-20-5-3-4-18(24)14-20)15-17-6-10-21(11-7-17)31-32(29,30)22-12-8-19(25)9-13-22/h3-14,16H,15H2,1-2H3,(H,26,28). The Morgan fingerprint density at radius 2 is 1.72 bits per heavy atom. The van der Waals surface area contributed by atoms with Crippen LogP contribution in [-0.2, 0) is 16.7 Å². The van der Waals surface area contributed by atoms with E-state index in [2.05, 4.69) is 5.32 Å². The summed E-state index contributed by atoms with van der Waals surface area (Å²) in [5, 5.41) is 3.34. The average Bonchev–Trinajstić information content (AvgIpc) is 2.73. The van der Waals surface area contributed by atoms with Crippen molar-refractivity contribution in [3.8, 4) is 5.75 Å². The molecule has 3 aromatic carbocycles. The van der Waals surface area contributed by atoms with Crippen molar-refractivity contribution >= 4 is 33.4 Å². The van der Waals surface area contributed by atoms with Crippen LogP contribution in [0.1, 0.15) is 19.4 Å². The summed E-state index contributed by atoms with van der Waals surface area (Å²) in [7, 11) is -4.08. The number of amides is 2. The largest absolute Gasteiger partial charge is 0.379 e. The molecular formula is C23H22ClFN2O4S. The Hall–Kier alpha value is -3.10. The maximum Gasteiger partial charge on any atom is 0.339 e. The summed E-state index contributed by atoms with van der Waals surface area (Å²) >= 11 is 5.97.